The maximum absolute atomic E-state index is 14.1. The fourth-order valence-corrected chi connectivity index (χ4v) is 2.70. The number of ether oxygens (including phenoxy) is 3. The van der Waals surface area contributed by atoms with Gasteiger partial charge in [0.1, 0.15) is 30.0 Å². The van der Waals surface area contributed by atoms with Crippen LogP contribution in [0.5, 0.6) is 0 Å². The van der Waals surface area contributed by atoms with Crippen molar-refractivity contribution >= 4 is 0 Å². The lowest BCUT2D eigenvalue weighted by molar-refractivity contribution is -0.376. The SMILES string of the molecule is OCC1O[C@H](O[C@H]2OC(CO)(CO)CC(O)C2F)C(O)C(O)[C@@H]1O. The van der Waals surface area contributed by atoms with Gasteiger partial charge in [-0.1, -0.05) is 0 Å². The van der Waals surface area contributed by atoms with E-state index in [0.29, 0.717) is 0 Å². The van der Waals surface area contributed by atoms with Crippen LogP contribution in [-0.2, 0) is 14.2 Å². The third kappa shape index (κ3) is 3.70. The number of hydrogen-bond acceptors (Lipinski definition) is 10. The van der Waals surface area contributed by atoms with Crippen molar-refractivity contribution < 1.29 is 54.3 Å². The first kappa shape index (κ1) is 19.8. The minimum atomic E-state index is -2.08. The molecule has 10 nitrogen and oxygen atoms in total. The average molecular weight is 358 g/mol. The van der Waals surface area contributed by atoms with Crippen molar-refractivity contribution in [3.8, 4) is 0 Å². The van der Waals surface area contributed by atoms with E-state index in [2.05, 4.69) is 0 Å². The summed E-state index contributed by atoms with van der Waals surface area (Å²) in [6.45, 7) is -2.14. The highest BCUT2D eigenvalue weighted by Gasteiger charge is 2.51. The molecule has 0 spiro atoms. The molecule has 2 heterocycles. The van der Waals surface area contributed by atoms with Gasteiger partial charge in [-0.25, -0.2) is 4.39 Å². The van der Waals surface area contributed by atoms with Crippen molar-refractivity contribution in [1.29, 1.82) is 0 Å². The molecular formula is C13H23FO10. The van der Waals surface area contributed by atoms with Crippen LogP contribution < -0.4 is 0 Å². The summed E-state index contributed by atoms with van der Waals surface area (Å²) in [5, 5.41) is 66.7. The summed E-state index contributed by atoms with van der Waals surface area (Å²) in [6, 6.07) is 0. The molecule has 0 bridgehead atoms. The zero-order chi connectivity index (χ0) is 18.1. The maximum atomic E-state index is 14.1. The summed E-state index contributed by atoms with van der Waals surface area (Å²) in [5.41, 5.74) is -1.65. The van der Waals surface area contributed by atoms with E-state index in [-0.39, 0.29) is 6.42 Å². The van der Waals surface area contributed by atoms with Gasteiger partial charge >= 0.3 is 0 Å². The molecule has 0 amide bonds. The number of alkyl halides is 1. The summed E-state index contributed by atoms with van der Waals surface area (Å²) >= 11 is 0. The Kier molecular flexibility index (Phi) is 6.47. The van der Waals surface area contributed by atoms with E-state index in [1.54, 1.807) is 0 Å². The van der Waals surface area contributed by atoms with E-state index in [1.807, 2.05) is 0 Å². The molecule has 0 aliphatic carbocycles. The molecule has 0 radical (unpaired) electrons. The van der Waals surface area contributed by atoms with Gasteiger partial charge in [0.2, 0.25) is 0 Å². The molecule has 142 valence electrons. The zero-order valence-electron chi connectivity index (χ0n) is 12.7. The van der Waals surface area contributed by atoms with E-state index in [9.17, 15) is 35.0 Å². The van der Waals surface area contributed by atoms with Crippen LogP contribution in [0.25, 0.3) is 0 Å². The second-order valence-corrected chi connectivity index (χ2v) is 6.03. The van der Waals surface area contributed by atoms with E-state index in [4.69, 9.17) is 19.3 Å². The van der Waals surface area contributed by atoms with Crippen LogP contribution in [0.2, 0.25) is 0 Å². The van der Waals surface area contributed by atoms with Gasteiger partial charge in [-0.15, -0.1) is 0 Å². The Bertz CT molecular complexity index is 406. The van der Waals surface area contributed by atoms with Crippen LogP contribution in [0.1, 0.15) is 6.42 Å². The molecule has 0 aromatic rings. The van der Waals surface area contributed by atoms with Gasteiger partial charge in [0.25, 0.3) is 0 Å². The van der Waals surface area contributed by atoms with Gasteiger partial charge < -0.3 is 50.0 Å². The van der Waals surface area contributed by atoms with Crippen molar-refractivity contribution in [3.63, 3.8) is 0 Å². The van der Waals surface area contributed by atoms with E-state index in [0.717, 1.165) is 0 Å². The average Bonchev–Trinajstić information content (AvgIpc) is 2.59. The monoisotopic (exact) mass is 358 g/mol. The van der Waals surface area contributed by atoms with E-state index < -0.39 is 74.7 Å². The predicted octanol–water partition coefficient (Wildman–Crippen LogP) is -4.03. The molecule has 11 heteroatoms. The molecule has 2 saturated heterocycles. The quantitative estimate of drug-likeness (QED) is 0.257. The van der Waals surface area contributed by atoms with Crippen molar-refractivity contribution in [1.82, 2.24) is 0 Å². The maximum Gasteiger partial charge on any atom is 0.195 e. The molecular weight excluding hydrogens is 335 g/mol. The molecule has 7 N–H and O–H groups in total. The lowest BCUT2D eigenvalue weighted by Gasteiger charge is -2.45. The topological polar surface area (TPSA) is 169 Å². The molecule has 2 aliphatic rings. The van der Waals surface area contributed by atoms with Crippen LogP contribution >= 0.6 is 0 Å². The lowest BCUT2D eigenvalue weighted by Crippen LogP contribution is -2.63. The van der Waals surface area contributed by atoms with Crippen LogP contribution in [-0.4, -0.2) is 110 Å². The second-order valence-electron chi connectivity index (χ2n) is 6.03. The molecule has 2 aliphatic heterocycles. The first-order chi connectivity index (χ1) is 11.3. The van der Waals surface area contributed by atoms with E-state index >= 15 is 0 Å². The van der Waals surface area contributed by atoms with Crippen LogP contribution in [0.15, 0.2) is 0 Å². The Balaban J connectivity index is 2.12. The number of aliphatic hydroxyl groups excluding tert-OH is 7. The second kappa shape index (κ2) is 7.83. The van der Waals surface area contributed by atoms with Gasteiger partial charge in [-0.2, -0.15) is 0 Å². The summed E-state index contributed by atoms with van der Waals surface area (Å²) in [4.78, 5) is 0. The number of hydrogen-bond donors (Lipinski definition) is 7. The van der Waals surface area contributed by atoms with Crippen LogP contribution in [0.3, 0.4) is 0 Å². The highest BCUT2D eigenvalue weighted by atomic mass is 19.1. The number of rotatable bonds is 5. The van der Waals surface area contributed by atoms with Crippen LogP contribution in [0, 0.1) is 0 Å². The van der Waals surface area contributed by atoms with Crippen molar-refractivity contribution in [2.24, 2.45) is 0 Å². The third-order valence-corrected chi connectivity index (χ3v) is 4.27. The molecule has 5 unspecified atom stereocenters. The van der Waals surface area contributed by atoms with Crippen LogP contribution in [0.4, 0.5) is 4.39 Å². The standard InChI is InChI=1S/C13H23FO10/c14-7-5(18)1-13(3-16,4-17)24-11(7)23-12-10(21)9(20)8(19)6(2-15)22-12/h5-12,15-21H,1-4H2/t5?,6?,7?,8-,9?,10?,11+,12-/m1/s1. The first-order valence-corrected chi connectivity index (χ1v) is 7.46. The molecule has 0 aromatic heterocycles. The summed E-state index contributed by atoms with van der Waals surface area (Å²) in [5.74, 6) is 0. The smallest absolute Gasteiger partial charge is 0.195 e. The molecule has 24 heavy (non-hydrogen) atoms. The van der Waals surface area contributed by atoms with Crippen molar-refractivity contribution in [2.75, 3.05) is 19.8 Å². The molecule has 2 fully saturated rings. The largest absolute Gasteiger partial charge is 0.394 e. The highest BCUT2D eigenvalue weighted by Crippen LogP contribution is 2.33. The van der Waals surface area contributed by atoms with Gasteiger partial charge in [0.05, 0.1) is 25.9 Å². The van der Waals surface area contributed by atoms with Gasteiger partial charge in [-0.3, -0.25) is 0 Å². The Hall–Kier alpha value is -0.470. The normalized spacial score (nSPS) is 46.0. The summed E-state index contributed by atoms with van der Waals surface area (Å²) in [6.07, 6.45) is -14.0. The lowest BCUT2D eigenvalue weighted by atomic mass is 9.92. The van der Waals surface area contributed by atoms with Crippen molar-refractivity contribution in [2.45, 2.75) is 61.3 Å². The number of halogens is 1. The fraction of sp³-hybridized carbons (Fsp3) is 1.00. The Morgan fingerprint density at radius 2 is 1.58 bits per heavy atom. The summed E-state index contributed by atoms with van der Waals surface area (Å²) < 4.78 is 29.5. The number of aliphatic hydroxyl groups is 7. The molecule has 0 saturated carbocycles. The molecule has 2 rings (SSSR count). The highest BCUT2D eigenvalue weighted by molar-refractivity contribution is 4.94. The Morgan fingerprint density at radius 3 is 2.12 bits per heavy atom. The first-order valence-electron chi connectivity index (χ1n) is 7.46. The molecule has 0 aromatic carbocycles. The van der Waals surface area contributed by atoms with E-state index in [1.165, 1.54) is 0 Å². The van der Waals surface area contributed by atoms with Gasteiger partial charge in [-0.05, 0) is 0 Å². The van der Waals surface area contributed by atoms with Gasteiger partial charge in [0, 0.05) is 6.42 Å². The van der Waals surface area contributed by atoms with Gasteiger partial charge in [0.15, 0.2) is 18.8 Å². The minimum Gasteiger partial charge on any atom is -0.394 e. The zero-order valence-corrected chi connectivity index (χ0v) is 12.7. The Morgan fingerprint density at radius 1 is 0.958 bits per heavy atom. The fourth-order valence-electron chi connectivity index (χ4n) is 2.70. The predicted molar refractivity (Wildman–Crippen MR) is 72.1 cm³/mol. The molecule has 8 atom stereocenters. The third-order valence-electron chi connectivity index (χ3n) is 4.27. The van der Waals surface area contributed by atoms with Crippen molar-refractivity contribution in [3.05, 3.63) is 0 Å². The Labute approximate surface area is 136 Å². The minimum absolute atomic E-state index is 0.379. The summed E-state index contributed by atoms with van der Waals surface area (Å²) in [7, 11) is 0.